The largest absolute Gasteiger partial charge is 0.342 e. The molecule has 0 bridgehead atoms. The zero-order valence-electron chi connectivity index (χ0n) is 14.1. The lowest BCUT2D eigenvalue weighted by Crippen LogP contribution is -2.55. The maximum Gasteiger partial charge on any atom is 0.230 e. The van der Waals surface area contributed by atoms with Crippen LogP contribution in [0.2, 0.25) is 0 Å². The Balaban J connectivity index is 0.00000242. The normalized spacial score (nSPS) is 22.1. The van der Waals surface area contributed by atoms with Crippen LogP contribution >= 0.6 is 12.4 Å². The molecule has 3 nitrogen and oxygen atoms in total. The van der Waals surface area contributed by atoms with Crippen molar-refractivity contribution in [3.63, 3.8) is 0 Å². The molecule has 0 spiro atoms. The Morgan fingerprint density at radius 3 is 2.36 bits per heavy atom. The summed E-state index contributed by atoms with van der Waals surface area (Å²) in [7, 11) is 0. The lowest BCUT2D eigenvalue weighted by Gasteiger charge is -2.44. The zero-order chi connectivity index (χ0) is 15.6. The Morgan fingerprint density at radius 1 is 1.27 bits per heavy atom. The van der Waals surface area contributed by atoms with Gasteiger partial charge in [-0.3, -0.25) is 4.79 Å². The number of nitrogens with zero attached hydrogens (tertiary/aromatic N) is 1. The number of hydrogen-bond acceptors (Lipinski definition) is 2. The van der Waals surface area contributed by atoms with E-state index in [1.807, 2.05) is 23.1 Å². The summed E-state index contributed by atoms with van der Waals surface area (Å²) < 4.78 is 0. The minimum atomic E-state index is -0.0590. The van der Waals surface area contributed by atoms with Crippen LogP contribution in [-0.4, -0.2) is 29.9 Å². The highest BCUT2D eigenvalue weighted by Gasteiger charge is 2.38. The zero-order valence-corrected chi connectivity index (χ0v) is 14.9. The third kappa shape index (κ3) is 4.02. The number of amides is 1. The maximum atomic E-state index is 13.0. The van der Waals surface area contributed by atoms with Gasteiger partial charge in [-0.25, -0.2) is 0 Å². The van der Waals surface area contributed by atoms with Crippen molar-refractivity contribution in [3.8, 4) is 0 Å². The van der Waals surface area contributed by atoms with Crippen LogP contribution in [0.1, 0.15) is 45.6 Å². The van der Waals surface area contributed by atoms with Crippen LogP contribution in [0.25, 0.3) is 0 Å². The van der Waals surface area contributed by atoms with E-state index in [9.17, 15) is 4.79 Å². The lowest BCUT2D eigenvalue weighted by molar-refractivity contribution is -0.137. The van der Waals surface area contributed by atoms with Crippen molar-refractivity contribution in [2.75, 3.05) is 13.1 Å². The molecule has 1 saturated heterocycles. The molecular weight excluding hydrogens is 296 g/mol. The van der Waals surface area contributed by atoms with Gasteiger partial charge in [-0.2, -0.15) is 0 Å². The van der Waals surface area contributed by atoms with Gasteiger partial charge in [-0.15, -0.1) is 12.4 Å². The minimum absolute atomic E-state index is 0. The van der Waals surface area contributed by atoms with Gasteiger partial charge in [0, 0.05) is 19.1 Å². The molecular formula is C18H29ClN2O. The molecule has 1 fully saturated rings. The summed E-state index contributed by atoms with van der Waals surface area (Å²) >= 11 is 0. The molecule has 2 atom stereocenters. The topological polar surface area (TPSA) is 46.3 Å². The molecule has 22 heavy (non-hydrogen) atoms. The summed E-state index contributed by atoms with van der Waals surface area (Å²) in [6, 6.07) is 10.3. The van der Waals surface area contributed by atoms with Gasteiger partial charge in [0.05, 0.1) is 5.92 Å². The van der Waals surface area contributed by atoms with E-state index in [2.05, 4.69) is 39.8 Å². The fourth-order valence-electron chi connectivity index (χ4n) is 3.23. The van der Waals surface area contributed by atoms with Crippen molar-refractivity contribution in [2.45, 2.75) is 46.1 Å². The number of piperidine rings is 1. The highest BCUT2D eigenvalue weighted by Crippen LogP contribution is 2.32. The summed E-state index contributed by atoms with van der Waals surface area (Å²) in [5.74, 6) is 0.478. The quantitative estimate of drug-likeness (QED) is 0.925. The predicted molar refractivity (Wildman–Crippen MR) is 94.2 cm³/mol. The molecule has 2 rings (SSSR count). The molecule has 1 aromatic carbocycles. The van der Waals surface area contributed by atoms with E-state index < -0.39 is 0 Å². The molecule has 124 valence electrons. The second kappa shape index (κ2) is 7.47. The number of hydrogen-bond donors (Lipinski definition) is 1. The third-order valence-corrected chi connectivity index (χ3v) is 4.72. The van der Waals surface area contributed by atoms with Crippen molar-refractivity contribution < 1.29 is 4.79 Å². The van der Waals surface area contributed by atoms with Crippen LogP contribution in [0.4, 0.5) is 0 Å². The van der Waals surface area contributed by atoms with Gasteiger partial charge < -0.3 is 10.6 Å². The van der Waals surface area contributed by atoms with Crippen LogP contribution in [0, 0.1) is 11.3 Å². The lowest BCUT2D eigenvalue weighted by atomic mass is 9.78. The van der Waals surface area contributed by atoms with Crippen molar-refractivity contribution in [1.82, 2.24) is 4.90 Å². The summed E-state index contributed by atoms with van der Waals surface area (Å²) in [5.41, 5.74) is 7.29. The molecule has 2 N–H and O–H groups in total. The smallest absolute Gasteiger partial charge is 0.230 e. The molecule has 1 heterocycles. The fraction of sp³-hybridized carbons (Fsp3) is 0.611. The molecule has 1 aliphatic rings. The molecule has 2 unspecified atom stereocenters. The van der Waals surface area contributed by atoms with Gasteiger partial charge in [0.15, 0.2) is 0 Å². The first kappa shape index (κ1) is 19.0. The highest BCUT2D eigenvalue weighted by molar-refractivity contribution is 5.85. The molecule has 0 aromatic heterocycles. The summed E-state index contributed by atoms with van der Waals surface area (Å²) in [5, 5.41) is 0. The van der Waals surface area contributed by atoms with Crippen LogP contribution < -0.4 is 5.73 Å². The number of carbonyl (C=O) groups is 1. The van der Waals surface area contributed by atoms with E-state index in [4.69, 9.17) is 5.73 Å². The highest BCUT2D eigenvalue weighted by atomic mass is 35.5. The SMILES string of the molecule is CC(C)C(C(=O)N1CCC(N)C(C)(C)C1)c1ccccc1.Cl. The monoisotopic (exact) mass is 324 g/mol. The first-order valence-electron chi connectivity index (χ1n) is 7.92. The van der Waals surface area contributed by atoms with Gasteiger partial charge in [0.1, 0.15) is 0 Å². The second-order valence-electron chi connectivity index (χ2n) is 7.28. The van der Waals surface area contributed by atoms with Crippen LogP contribution in [-0.2, 0) is 4.79 Å². The minimum Gasteiger partial charge on any atom is -0.342 e. The molecule has 1 amide bonds. The summed E-state index contributed by atoms with van der Waals surface area (Å²) in [4.78, 5) is 15.0. The Hall–Kier alpha value is -1.06. The van der Waals surface area contributed by atoms with E-state index >= 15 is 0 Å². The number of nitrogens with two attached hydrogens (primary N) is 1. The van der Waals surface area contributed by atoms with E-state index in [0.717, 1.165) is 25.1 Å². The maximum absolute atomic E-state index is 13.0. The van der Waals surface area contributed by atoms with Crippen LogP contribution in [0.5, 0.6) is 0 Å². The van der Waals surface area contributed by atoms with Crippen LogP contribution in [0.3, 0.4) is 0 Å². The van der Waals surface area contributed by atoms with E-state index in [1.165, 1.54) is 0 Å². The predicted octanol–water partition coefficient (Wildman–Crippen LogP) is 3.43. The van der Waals surface area contributed by atoms with Crippen LogP contribution in [0.15, 0.2) is 30.3 Å². The molecule has 0 radical (unpaired) electrons. The van der Waals surface area contributed by atoms with Crippen molar-refractivity contribution in [3.05, 3.63) is 35.9 Å². The Kier molecular flexibility index (Phi) is 6.45. The molecule has 1 aromatic rings. The number of halogens is 1. The molecule has 4 heteroatoms. The summed E-state index contributed by atoms with van der Waals surface area (Å²) in [6.45, 7) is 10.1. The van der Waals surface area contributed by atoms with Crippen molar-refractivity contribution in [2.24, 2.45) is 17.1 Å². The van der Waals surface area contributed by atoms with Gasteiger partial charge in [0.2, 0.25) is 5.91 Å². The number of carbonyl (C=O) groups excluding carboxylic acids is 1. The van der Waals surface area contributed by atoms with Gasteiger partial charge in [-0.1, -0.05) is 58.0 Å². The first-order valence-corrected chi connectivity index (χ1v) is 7.92. The van der Waals surface area contributed by atoms with E-state index in [-0.39, 0.29) is 35.7 Å². The second-order valence-corrected chi connectivity index (χ2v) is 7.28. The molecule has 1 aliphatic heterocycles. The Morgan fingerprint density at radius 2 is 1.86 bits per heavy atom. The van der Waals surface area contributed by atoms with Gasteiger partial charge in [0.25, 0.3) is 0 Å². The van der Waals surface area contributed by atoms with Gasteiger partial charge in [-0.05, 0) is 23.3 Å². The first-order chi connectivity index (χ1) is 9.83. The van der Waals surface area contributed by atoms with Crippen molar-refractivity contribution in [1.29, 1.82) is 0 Å². The average Bonchev–Trinajstić information content (AvgIpc) is 2.42. The molecule has 0 aliphatic carbocycles. The Labute approximate surface area is 140 Å². The average molecular weight is 325 g/mol. The molecule has 0 saturated carbocycles. The fourth-order valence-corrected chi connectivity index (χ4v) is 3.23. The number of likely N-dealkylation sites (tertiary alicyclic amines) is 1. The number of rotatable bonds is 3. The van der Waals surface area contributed by atoms with Crippen molar-refractivity contribution >= 4 is 18.3 Å². The Bertz CT molecular complexity index is 487. The third-order valence-electron chi connectivity index (χ3n) is 4.72. The van der Waals surface area contributed by atoms with E-state index in [1.54, 1.807) is 0 Å². The summed E-state index contributed by atoms with van der Waals surface area (Å²) in [6.07, 6.45) is 0.887. The van der Waals surface area contributed by atoms with E-state index in [0.29, 0.717) is 5.92 Å². The van der Waals surface area contributed by atoms with Gasteiger partial charge >= 0.3 is 0 Å². The standard InChI is InChI=1S/C18H28N2O.ClH/c1-13(2)16(14-8-6-5-7-9-14)17(21)20-11-10-15(19)18(3,4)12-20;/h5-9,13,15-16H,10-12,19H2,1-4H3;1H. The number of benzene rings is 1.